The fraction of sp³-hybridized carbons (Fsp3) is 0.579. The third-order valence-electron chi connectivity index (χ3n) is 3.78. The summed E-state index contributed by atoms with van der Waals surface area (Å²) in [5.74, 6) is 0. The molecule has 0 radical (unpaired) electrons. The number of aryl methyl sites for hydroxylation is 1. The average molecular weight is 274 g/mol. The van der Waals surface area contributed by atoms with Gasteiger partial charge in [0, 0.05) is 0 Å². The molecule has 0 saturated heterocycles. The van der Waals surface area contributed by atoms with Crippen molar-refractivity contribution < 1.29 is 5.11 Å². The highest BCUT2D eigenvalue weighted by Crippen LogP contribution is 2.12. The molecule has 0 amide bonds. The molecule has 1 heteroatoms. The van der Waals surface area contributed by atoms with E-state index in [1.54, 1.807) is 6.08 Å². The Hall–Kier alpha value is -1.08. The quantitative estimate of drug-likeness (QED) is 0.406. The van der Waals surface area contributed by atoms with Gasteiger partial charge in [-0.1, -0.05) is 74.9 Å². The number of hydrogen-bond acceptors (Lipinski definition) is 1. The van der Waals surface area contributed by atoms with Crippen molar-refractivity contribution in [1.29, 1.82) is 0 Å². The minimum absolute atomic E-state index is 0.168. The SMILES string of the molecule is C=CCC(O)CCCCCCCCCc1ccccc1. The van der Waals surface area contributed by atoms with Crippen molar-refractivity contribution in [3.8, 4) is 0 Å². The van der Waals surface area contributed by atoms with Gasteiger partial charge < -0.3 is 5.11 Å². The van der Waals surface area contributed by atoms with Gasteiger partial charge in [0.15, 0.2) is 0 Å². The van der Waals surface area contributed by atoms with E-state index in [2.05, 4.69) is 36.9 Å². The van der Waals surface area contributed by atoms with E-state index >= 15 is 0 Å². The van der Waals surface area contributed by atoms with Gasteiger partial charge >= 0.3 is 0 Å². The van der Waals surface area contributed by atoms with Gasteiger partial charge in [-0.25, -0.2) is 0 Å². The zero-order valence-corrected chi connectivity index (χ0v) is 12.8. The summed E-state index contributed by atoms with van der Waals surface area (Å²) < 4.78 is 0. The topological polar surface area (TPSA) is 20.2 Å². The van der Waals surface area contributed by atoms with Crippen molar-refractivity contribution in [2.24, 2.45) is 0 Å². The van der Waals surface area contributed by atoms with Gasteiger partial charge in [-0.3, -0.25) is 0 Å². The number of benzene rings is 1. The third kappa shape index (κ3) is 8.92. The number of unbranched alkanes of at least 4 members (excludes halogenated alkanes) is 6. The van der Waals surface area contributed by atoms with E-state index < -0.39 is 0 Å². The van der Waals surface area contributed by atoms with E-state index in [0.717, 1.165) is 19.3 Å². The maximum Gasteiger partial charge on any atom is 0.0574 e. The third-order valence-corrected chi connectivity index (χ3v) is 3.78. The van der Waals surface area contributed by atoms with Crippen LogP contribution >= 0.6 is 0 Å². The van der Waals surface area contributed by atoms with Crippen molar-refractivity contribution in [1.82, 2.24) is 0 Å². The smallest absolute Gasteiger partial charge is 0.0574 e. The Balaban J connectivity index is 1.84. The molecule has 1 N–H and O–H groups in total. The summed E-state index contributed by atoms with van der Waals surface area (Å²) in [4.78, 5) is 0. The summed E-state index contributed by atoms with van der Waals surface area (Å²) in [5.41, 5.74) is 1.46. The lowest BCUT2D eigenvalue weighted by molar-refractivity contribution is 0.164. The zero-order chi connectivity index (χ0) is 14.5. The molecule has 0 aliphatic rings. The lowest BCUT2D eigenvalue weighted by Crippen LogP contribution is -2.03. The van der Waals surface area contributed by atoms with Crippen molar-refractivity contribution in [3.05, 3.63) is 48.6 Å². The van der Waals surface area contributed by atoms with Crippen LogP contribution in [0.2, 0.25) is 0 Å². The molecule has 0 aliphatic heterocycles. The molecule has 0 spiro atoms. The monoisotopic (exact) mass is 274 g/mol. The van der Waals surface area contributed by atoms with E-state index in [1.165, 1.54) is 50.5 Å². The fourth-order valence-electron chi connectivity index (χ4n) is 2.55. The minimum atomic E-state index is -0.168. The average Bonchev–Trinajstić information content (AvgIpc) is 2.47. The predicted molar refractivity (Wildman–Crippen MR) is 87.9 cm³/mol. The molecule has 0 fully saturated rings. The van der Waals surface area contributed by atoms with Crippen LogP contribution in [0.25, 0.3) is 0 Å². The Kier molecular flexibility index (Phi) is 9.95. The zero-order valence-electron chi connectivity index (χ0n) is 12.8. The van der Waals surface area contributed by atoms with Crippen molar-refractivity contribution in [3.63, 3.8) is 0 Å². The summed E-state index contributed by atoms with van der Waals surface area (Å²) in [6.45, 7) is 3.65. The van der Waals surface area contributed by atoms with E-state index in [1.807, 2.05) is 0 Å². The van der Waals surface area contributed by atoms with E-state index in [-0.39, 0.29) is 6.10 Å². The largest absolute Gasteiger partial charge is 0.393 e. The van der Waals surface area contributed by atoms with Gasteiger partial charge in [-0.15, -0.1) is 6.58 Å². The molecule has 0 aliphatic carbocycles. The van der Waals surface area contributed by atoms with Gasteiger partial charge in [0.1, 0.15) is 0 Å². The number of rotatable bonds is 12. The van der Waals surface area contributed by atoms with Crippen LogP contribution in [0.5, 0.6) is 0 Å². The van der Waals surface area contributed by atoms with Crippen LogP contribution in [0.15, 0.2) is 43.0 Å². The second-order valence-corrected chi connectivity index (χ2v) is 5.68. The number of aliphatic hydroxyl groups excluding tert-OH is 1. The minimum Gasteiger partial charge on any atom is -0.393 e. The lowest BCUT2D eigenvalue weighted by Gasteiger charge is -2.07. The highest BCUT2D eigenvalue weighted by atomic mass is 16.3. The molecule has 112 valence electrons. The molecule has 1 aromatic rings. The Bertz CT molecular complexity index is 331. The summed E-state index contributed by atoms with van der Waals surface area (Å²) in [7, 11) is 0. The van der Waals surface area contributed by atoms with Gasteiger partial charge in [-0.05, 0) is 31.2 Å². The van der Waals surface area contributed by atoms with Gasteiger partial charge in [0.05, 0.1) is 6.10 Å². The first kappa shape index (κ1) is 17.0. The fourth-order valence-corrected chi connectivity index (χ4v) is 2.55. The van der Waals surface area contributed by atoms with E-state index in [4.69, 9.17) is 0 Å². The second kappa shape index (κ2) is 11.7. The summed E-state index contributed by atoms with van der Waals surface area (Å²) in [6, 6.07) is 10.8. The van der Waals surface area contributed by atoms with Gasteiger partial charge in [0.25, 0.3) is 0 Å². The summed E-state index contributed by atoms with van der Waals surface area (Å²) >= 11 is 0. The van der Waals surface area contributed by atoms with Crippen LogP contribution in [-0.4, -0.2) is 11.2 Å². The van der Waals surface area contributed by atoms with Crippen molar-refractivity contribution in [2.45, 2.75) is 70.3 Å². The maximum absolute atomic E-state index is 9.56. The summed E-state index contributed by atoms with van der Waals surface area (Å²) in [6.07, 6.45) is 13.6. The summed E-state index contributed by atoms with van der Waals surface area (Å²) in [5, 5.41) is 9.56. The molecule has 0 aromatic heterocycles. The van der Waals surface area contributed by atoms with Crippen molar-refractivity contribution in [2.75, 3.05) is 0 Å². The number of aliphatic hydroxyl groups is 1. The molecule has 20 heavy (non-hydrogen) atoms. The normalized spacial score (nSPS) is 12.2. The molecule has 1 aromatic carbocycles. The van der Waals surface area contributed by atoms with Crippen molar-refractivity contribution >= 4 is 0 Å². The molecular weight excluding hydrogens is 244 g/mol. The molecule has 1 atom stereocenters. The second-order valence-electron chi connectivity index (χ2n) is 5.68. The van der Waals surface area contributed by atoms with Crippen LogP contribution < -0.4 is 0 Å². The maximum atomic E-state index is 9.56. The molecular formula is C19H30O. The van der Waals surface area contributed by atoms with Crippen LogP contribution in [-0.2, 0) is 6.42 Å². The highest BCUT2D eigenvalue weighted by molar-refractivity contribution is 5.14. The van der Waals surface area contributed by atoms with E-state index in [9.17, 15) is 5.11 Å². The first-order valence-corrected chi connectivity index (χ1v) is 8.16. The standard InChI is InChI=1S/C19H30O/c1-2-13-19(20)17-12-7-5-3-4-6-9-14-18-15-10-8-11-16-18/h2,8,10-11,15-16,19-20H,1,3-7,9,12-14,17H2. The van der Waals surface area contributed by atoms with Crippen LogP contribution in [0.4, 0.5) is 0 Å². The Morgan fingerprint density at radius 3 is 2.15 bits per heavy atom. The van der Waals surface area contributed by atoms with Crippen LogP contribution in [0.3, 0.4) is 0 Å². The molecule has 0 heterocycles. The number of hydrogen-bond donors (Lipinski definition) is 1. The van der Waals surface area contributed by atoms with Crippen LogP contribution in [0.1, 0.15) is 63.4 Å². The molecule has 1 rings (SSSR count). The van der Waals surface area contributed by atoms with Crippen LogP contribution in [0, 0.1) is 0 Å². The van der Waals surface area contributed by atoms with Gasteiger partial charge in [-0.2, -0.15) is 0 Å². The first-order valence-electron chi connectivity index (χ1n) is 8.16. The molecule has 1 nitrogen and oxygen atoms in total. The molecule has 1 unspecified atom stereocenters. The molecule has 0 saturated carbocycles. The lowest BCUT2D eigenvalue weighted by atomic mass is 10.0. The van der Waals surface area contributed by atoms with E-state index in [0.29, 0.717) is 0 Å². The van der Waals surface area contributed by atoms with Gasteiger partial charge in [0.2, 0.25) is 0 Å². The highest BCUT2D eigenvalue weighted by Gasteiger charge is 2.00. The predicted octanol–water partition coefficient (Wildman–Crippen LogP) is 5.29. The first-order chi connectivity index (χ1) is 9.83. The Morgan fingerprint density at radius 2 is 1.50 bits per heavy atom. The molecule has 0 bridgehead atoms. The Labute approximate surface area is 124 Å². The Morgan fingerprint density at radius 1 is 0.900 bits per heavy atom.